The van der Waals surface area contributed by atoms with Crippen molar-refractivity contribution >= 4 is 5.97 Å². The minimum Gasteiger partial charge on any atom is -0.493 e. The molecule has 0 radical (unpaired) electrons. The number of nitrogens with zero attached hydrogens (tertiary/aromatic N) is 1. The Morgan fingerprint density at radius 1 is 1.10 bits per heavy atom. The number of nitrogens with one attached hydrogen (secondary N) is 1. The van der Waals surface area contributed by atoms with Gasteiger partial charge in [-0.1, -0.05) is 12.1 Å². The molecule has 1 N–H and O–H groups in total. The minimum atomic E-state index is -0.324. The van der Waals surface area contributed by atoms with Crippen LogP contribution in [-0.2, 0) is 16.6 Å². The van der Waals surface area contributed by atoms with Gasteiger partial charge in [0.1, 0.15) is 5.75 Å². The van der Waals surface area contributed by atoms with Crippen LogP contribution in [0, 0.1) is 17.3 Å². The summed E-state index contributed by atoms with van der Waals surface area (Å²) in [5.74, 6) is 3.46. The fourth-order valence-electron chi connectivity index (χ4n) is 9.48. The van der Waals surface area contributed by atoms with Crippen molar-refractivity contribution in [3.63, 3.8) is 0 Å². The van der Waals surface area contributed by atoms with Crippen molar-refractivity contribution in [2.24, 2.45) is 17.3 Å². The third-order valence-corrected chi connectivity index (χ3v) is 11.1. The van der Waals surface area contributed by atoms with Crippen LogP contribution in [0.15, 0.2) is 36.4 Å². The van der Waals surface area contributed by atoms with Gasteiger partial charge in [-0.15, -0.1) is 0 Å². The normalized spacial score (nSPS) is 32.7. The average molecular weight is 531 g/mol. The van der Waals surface area contributed by atoms with E-state index in [1.165, 1.54) is 69.2 Å². The molecule has 3 saturated carbocycles. The van der Waals surface area contributed by atoms with Gasteiger partial charge in [0, 0.05) is 29.6 Å². The number of fused-ring (bicyclic) bond motifs is 1. The maximum Gasteiger partial charge on any atom is 0.338 e. The highest BCUT2D eigenvalue weighted by molar-refractivity contribution is 5.89. The van der Waals surface area contributed by atoms with Crippen LogP contribution in [0.2, 0.25) is 0 Å². The summed E-state index contributed by atoms with van der Waals surface area (Å²) in [6.45, 7) is 4.62. The summed E-state index contributed by atoms with van der Waals surface area (Å²) >= 11 is 0. The average Bonchev–Trinajstić information content (AvgIpc) is 3.73. The molecule has 5 atom stereocenters. The predicted octanol–water partition coefficient (Wildman–Crippen LogP) is 5.72. The van der Waals surface area contributed by atoms with E-state index in [-0.39, 0.29) is 16.8 Å². The Morgan fingerprint density at radius 3 is 2.72 bits per heavy atom. The Hall–Kier alpha value is -2.57. The lowest BCUT2D eigenvalue weighted by Crippen LogP contribution is -2.70. The lowest BCUT2D eigenvalue weighted by atomic mass is 9.43. The molecule has 2 aromatic rings. The van der Waals surface area contributed by atoms with E-state index in [9.17, 15) is 4.79 Å². The molecule has 4 aliphatic carbocycles. The number of hydrogen-bond acceptors (Lipinski definition) is 6. The highest BCUT2D eigenvalue weighted by atomic mass is 16.5. The molecular formula is C33H42N2O4. The fourth-order valence-corrected chi connectivity index (χ4v) is 9.48. The maximum atomic E-state index is 12.5. The molecule has 2 aromatic carbocycles. The Labute approximate surface area is 232 Å². The number of likely N-dealkylation sites (tertiary alicyclic amines) is 1. The van der Waals surface area contributed by atoms with E-state index in [0.717, 1.165) is 23.8 Å². The molecule has 7 rings (SSSR count). The highest BCUT2D eigenvalue weighted by Gasteiger charge is 2.72. The molecule has 39 heavy (non-hydrogen) atoms. The molecule has 4 bridgehead atoms. The van der Waals surface area contributed by atoms with E-state index in [1.807, 2.05) is 19.1 Å². The van der Waals surface area contributed by atoms with Crippen LogP contribution in [-0.4, -0.2) is 56.8 Å². The molecule has 6 heteroatoms. The van der Waals surface area contributed by atoms with Crippen LogP contribution in [0.4, 0.5) is 0 Å². The number of carbonyl (C=O) groups excluding carboxylic acids is 1. The predicted molar refractivity (Wildman–Crippen MR) is 151 cm³/mol. The summed E-state index contributed by atoms with van der Waals surface area (Å²) < 4.78 is 18.1. The number of carbonyl (C=O) groups is 1. The number of ether oxygens (including phenoxy) is 3. The molecule has 0 amide bonds. The topological polar surface area (TPSA) is 60.0 Å². The van der Waals surface area contributed by atoms with Gasteiger partial charge in [0.05, 0.1) is 19.3 Å². The minimum absolute atomic E-state index is 0.0693. The zero-order valence-electron chi connectivity index (χ0n) is 23.6. The quantitative estimate of drug-likeness (QED) is 0.441. The van der Waals surface area contributed by atoms with Gasteiger partial charge in [-0.2, -0.15) is 0 Å². The SMILES string of the molecule is CCOC(=O)c1cccc(Oc2c(OC)ccc3c2C24CCN(CC5CC5)C(C3)C23CCC(NC)C4CC3)c1. The first kappa shape index (κ1) is 25.4. The van der Waals surface area contributed by atoms with Crippen LogP contribution in [0.3, 0.4) is 0 Å². The van der Waals surface area contributed by atoms with Crippen molar-refractivity contribution < 1.29 is 19.0 Å². The largest absolute Gasteiger partial charge is 0.493 e. The summed E-state index contributed by atoms with van der Waals surface area (Å²) in [5.41, 5.74) is 3.68. The first-order valence-corrected chi connectivity index (χ1v) is 15.1. The smallest absolute Gasteiger partial charge is 0.338 e. The van der Waals surface area contributed by atoms with Crippen molar-refractivity contribution in [3.8, 4) is 17.2 Å². The molecule has 6 nitrogen and oxygen atoms in total. The van der Waals surface area contributed by atoms with Crippen LogP contribution >= 0.6 is 0 Å². The monoisotopic (exact) mass is 530 g/mol. The lowest BCUT2D eigenvalue weighted by Gasteiger charge is -2.66. The first-order valence-electron chi connectivity index (χ1n) is 15.1. The van der Waals surface area contributed by atoms with Gasteiger partial charge >= 0.3 is 5.97 Å². The summed E-state index contributed by atoms with van der Waals surface area (Å²) in [7, 11) is 3.90. The van der Waals surface area contributed by atoms with E-state index in [0.29, 0.717) is 35.9 Å². The Bertz CT molecular complexity index is 1270. The summed E-state index contributed by atoms with van der Waals surface area (Å²) in [5, 5.41) is 3.74. The second-order valence-electron chi connectivity index (χ2n) is 12.6. The zero-order valence-corrected chi connectivity index (χ0v) is 23.6. The van der Waals surface area contributed by atoms with Gasteiger partial charge in [0.25, 0.3) is 0 Å². The Kier molecular flexibility index (Phi) is 6.20. The molecule has 1 heterocycles. The molecular weight excluding hydrogens is 488 g/mol. The second-order valence-corrected chi connectivity index (χ2v) is 12.6. The number of esters is 1. The summed E-state index contributed by atoms with van der Waals surface area (Å²) in [6.07, 6.45) is 10.2. The number of methoxy groups -OCH3 is 1. The molecule has 4 fully saturated rings. The van der Waals surface area contributed by atoms with E-state index < -0.39 is 0 Å². The molecule has 0 spiro atoms. The van der Waals surface area contributed by atoms with E-state index in [1.54, 1.807) is 19.2 Å². The van der Waals surface area contributed by atoms with Crippen molar-refractivity contribution in [1.29, 1.82) is 0 Å². The van der Waals surface area contributed by atoms with Gasteiger partial charge < -0.3 is 19.5 Å². The van der Waals surface area contributed by atoms with Crippen LogP contribution in [0.1, 0.15) is 73.4 Å². The van der Waals surface area contributed by atoms with Gasteiger partial charge in [-0.05, 0) is 119 Å². The number of benzene rings is 2. The number of rotatable bonds is 8. The number of piperidine rings is 1. The molecule has 0 aromatic heterocycles. The van der Waals surface area contributed by atoms with Gasteiger partial charge in [-0.25, -0.2) is 4.79 Å². The van der Waals surface area contributed by atoms with Crippen LogP contribution in [0.25, 0.3) is 0 Å². The Balaban J connectivity index is 1.37. The summed E-state index contributed by atoms with van der Waals surface area (Å²) in [4.78, 5) is 15.4. The van der Waals surface area contributed by atoms with E-state index in [2.05, 4.69) is 29.4 Å². The van der Waals surface area contributed by atoms with E-state index in [4.69, 9.17) is 14.2 Å². The lowest BCUT2D eigenvalue weighted by molar-refractivity contribution is -0.0958. The highest BCUT2D eigenvalue weighted by Crippen LogP contribution is 2.73. The van der Waals surface area contributed by atoms with Gasteiger partial charge in [0.15, 0.2) is 11.5 Å². The van der Waals surface area contributed by atoms with Crippen molar-refractivity contribution in [1.82, 2.24) is 10.2 Å². The zero-order chi connectivity index (χ0) is 26.8. The molecule has 1 saturated heterocycles. The second kappa shape index (κ2) is 9.52. The fraction of sp³-hybridized carbons (Fsp3) is 0.606. The summed E-state index contributed by atoms with van der Waals surface area (Å²) in [6, 6.07) is 12.9. The van der Waals surface area contributed by atoms with Crippen molar-refractivity contribution in [3.05, 3.63) is 53.1 Å². The molecule has 5 aliphatic rings. The van der Waals surface area contributed by atoms with Crippen LogP contribution < -0.4 is 14.8 Å². The molecule has 208 valence electrons. The Morgan fingerprint density at radius 2 is 1.95 bits per heavy atom. The third kappa shape index (κ3) is 3.70. The third-order valence-electron chi connectivity index (χ3n) is 11.1. The number of hydrogen-bond donors (Lipinski definition) is 1. The van der Waals surface area contributed by atoms with Crippen LogP contribution in [0.5, 0.6) is 17.2 Å². The standard InChI is InChI=1S/C33H42N2O4/c1-4-38-31(36)23-6-5-7-24(18-23)39-30-27(37-3)11-10-22-19-28-32-14-12-25(26(34-2)13-15-32)33(32,29(22)30)16-17-35(28)20-21-8-9-21/h5-7,10-11,18,21,25-26,28,34H,4,8-9,12-17,19-20H2,1-3H3. The molecule has 1 aliphatic heterocycles. The first-order chi connectivity index (χ1) is 19.0. The van der Waals surface area contributed by atoms with Crippen molar-refractivity contribution in [2.75, 3.05) is 33.9 Å². The van der Waals surface area contributed by atoms with Crippen molar-refractivity contribution in [2.45, 2.75) is 75.8 Å². The molecule has 5 unspecified atom stereocenters. The maximum absolute atomic E-state index is 12.5. The van der Waals surface area contributed by atoms with Gasteiger partial charge in [-0.3, -0.25) is 4.90 Å². The van der Waals surface area contributed by atoms with Gasteiger partial charge in [0.2, 0.25) is 0 Å². The van der Waals surface area contributed by atoms with E-state index >= 15 is 0 Å².